The Morgan fingerprint density at radius 1 is 1.47 bits per heavy atom. The van der Waals surface area contributed by atoms with Crippen LogP contribution in [0.1, 0.15) is 24.8 Å². The maximum absolute atomic E-state index is 13.3. The average molecular weight is 267 g/mol. The Morgan fingerprint density at radius 2 is 2.32 bits per heavy atom. The van der Waals surface area contributed by atoms with Crippen LogP contribution < -0.4 is 4.74 Å². The molecule has 0 spiro atoms. The number of benzene rings is 1. The number of hydrogen-bond donors (Lipinski definition) is 1. The van der Waals surface area contributed by atoms with Crippen LogP contribution in [0.2, 0.25) is 0 Å². The second-order valence-electron chi connectivity index (χ2n) is 5.21. The average Bonchev–Trinajstić information content (AvgIpc) is 2.40. The fourth-order valence-electron chi connectivity index (χ4n) is 2.82. The molecule has 1 fully saturated rings. The van der Waals surface area contributed by atoms with Gasteiger partial charge in [-0.15, -0.1) is 0 Å². The summed E-state index contributed by atoms with van der Waals surface area (Å²) in [5.74, 6) is 1.07. The summed E-state index contributed by atoms with van der Waals surface area (Å²) in [6, 6.07) is 4.65. The van der Waals surface area contributed by atoms with Crippen LogP contribution in [0.4, 0.5) is 4.39 Å². The molecule has 1 unspecified atom stereocenters. The monoisotopic (exact) mass is 267 g/mol. The minimum Gasteiger partial charge on any atom is -0.496 e. The topological polar surface area (TPSA) is 32.7 Å². The molecule has 1 N–H and O–H groups in total. The molecule has 1 atom stereocenters. The number of aliphatic hydroxyl groups is 1. The molecule has 0 radical (unpaired) electrons. The van der Waals surface area contributed by atoms with E-state index >= 15 is 0 Å². The third-order valence-electron chi connectivity index (χ3n) is 3.78. The smallest absolute Gasteiger partial charge is 0.123 e. The van der Waals surface area contributed by atoms with E-state index in [1.165, 1.54) is 12.5 Å². The zero-order valence-corrected chi connectivity index (χ0v) is 11.4. The predicted molar refractivity (Wildman–Crippen MR) is 72.7 cm³/mol. The number of hydrogen-bond acceptors (Lipinski definition) is 3. The van der Waals surface area contributed by atoms with E-state index in [0.717, 1.165) is 37.2 Å². The molecular weight excluding hydrogens is 245 g/mol. The van der Waals surface area contributed by atoms with Gasteiger partial charge < -0.3 is 9.84 Å². The number of likely N-dealkylation sites (tertiary alicyclic amines) is 1. The largest absolute Gasteiger partial charge is 0.496 e. The molecule has 4 heteroatoms. The van der Waals surface area contributed by atoms with Crippen LogP contribution in [0.15, 0.2) is 18.2 Å². The van der Waals surface area contributed by atoms with Gasteiger partial charge in [0, 0.05) is 25.3 Å². The molecule has 1 aliphatic heterocycles. The molecule has 0 saturated carbocycles. The summed E-state index contributed by atoms with van der Waals surface area (Å²) < 4.78 is 18.6. The number of nitrogens with zero attached hydrogens (tertiary/aromatic N) is 1. The molecule has 0 amide bonds. The lowest BCUT2D eigenvalue weighted by Crippen LogP contribution is -2.35. The summed E-state index contributed by atoms with van der Waals surface area (Å²) in [6.45, 7) is 2.96. The molecular formula is C15H22FNO2. The van der Waals surface area contributed by atoms with Crippen LogP contribution in [-0.2, 0) is 6.54 Å². The first-order chi connectivity index (χ1) is 9.22. The van der Waals surface area contributed by atoms with E-state index in [1.807, 2.05) is 0 Å². The fourth-order valence-corrected chi connectivity index (χ4v) is 2.82. The first-order valence-electron chi connectivity index (χ1n) is 6.88. The lowest BCUT2D eigenvalue weighted by Gasteiger charge is -2.32. The summed E-state index contributed by atoms with van der Waals surface area (Å²) in [5.41, 5.74) is 0.896. The Hall–Kier alpha value is -1.13. The lowest BCUT2D eigenvalue weighted by molar-refractivity contribution is 0.141. The standard InChI is InChI=1S/C15H22FNO2/c1-19-15-5-4-14(16)9-13(15)11-17-7-2-3-12(10-17)6-8-18/h4-5,9,12,18H,2-3,6-8,10-11H2,1H3. The van der Waals surface area contributed by atoms with Crippen molar-refractivity contribution in [3.05, 3.63) is 29.6 Å². The van der Waals surface area contributed by atoms with Gasteiger partial charge in [-0.1, -0.05) is 0 Å². The van der Waals surface area contributed by atoms with Crippen LogP contribution in [0.5, 0.6) is 5.75 Å². The van der Waals surface area contributed by atoms with E-state index in [9.17, 15) is 4.39 Å². The molecule has 0 aromatic heterocycles. The highest BCUT2D eigenvalue weighted by molar-refractivity contribution is 5.33. The zero-order valence-electron chi connectivity index (χ0n) is 11.4. The summed E-state index contributed by atoms with van der Waals surface area (Å²) in [4.78, 5) is 2.32. The third kappa shape index (κ3) is 3.91. The van der Waals surface area contributed by atoms with Crippen molar-refractivity contribution in [3.63, 3.8) is 0 Å². The second kappa shape index (κ2) is 6.87. The molecule has 1 aromatic rings. The molecule has 19 heavy (non-hydrogen) atoms. The molecule has 0 aliphatic carbocycles. The Morgan fingerprint density at radius 3 is 3.05 bits per heavy atom. The summed E-state index contributed by atoms with van der Waals surface area (Å²) >= 11 is 0. The Labute approximate surface area is 114 Å². The maximum atomic E-state index is 13.3. The highest BCUT2D eigenvalue weighted by Crippen LogP contribution is 2.25. The van der Waals surface area contributed by atoms with Gasteiger partial charge in [0.1, 0.15) is 11.6 Å². The Bertz CT molecular complexity index is 409. The molecule has 1 heterocycles. The summed E-state index contributed by atoms with van der Waals surface area (Å²) in [7, 11) is 1.61. The Balaban J connectivity index is 2.01. The number of methoxy groups -OCH3 is 1. The highest BCUT2D eigenvalue weighted by atomic mass is 19.1. The fraction of sp³-hybridized carbons (Fsp3) is 0.600. The van der Waals surface area contributed by atoms with Gasteiger partial charge in [-0.2, -0.15) is 0 Å². The predicted octanol–water partition coefficient (Wildman–Crippen LogP) is 2.43. The van der Waals surface area contributed by atoms with Crippen molar-refractivity contribution in [3.8, 4) is 5.75 Å². The zero-order chi connectivity index (χ0) is 13.7. The van der Waals surface area contributed by atoms with E-state index in [2.05, 4.69) is 4.90 Å². The number of rotatable bonds is 5. The molecule has 0 bridgehead atoms. The first-order valence-corrected chi connectivity index (χ1v) is 6.88. The van der Waals surface area contributed by atoms with Gasteiger partial charge in [-0.3, -0.25) is 4.90 Å². The van der Waals surface area contributed by atoms with E-state index in [-0.39, 0.29) is 12.4 Å². The van der Waals surface area contributed by atoms with Crippen LogP contribution in [0.3, 0.4) is 0 Å². The number of aliphatic hydroxyl groups excluding tert-OH is 1. The lowest BCUT2D eigenvalue weighted by atomic mass is 9.95. The molecule has 106 valence electrons. The van der Waals surface area contributed by atoms with Crippen molar-refractivity contribution in [2.75, 3.05) is 26.8 Å². The van der Waals surface area contributed by atoms with Crippen molar-refractivity contribution in [1.29, 1.82) is 0 Å². The van der Waals surface area contributed by atoms with E-state index in [4.69, 9.17) is 9.84 Å². The normalized spacial score (nSPS) is 20.5. The minimum absolute atomic E-state index is 0.222. The van der Waals surface area contributed by atoms with E-state index in [1.54, 1.807) is 19.2 Å². The minimum atomic E-state index is -0.222. The molecule has 3 nitrogen and oxygen atoms in total. The van der Waals surface area contributed by atoms with E-state index in [0.29, 0.717) is 12.5 Å². The molecule has 1 aromatic carbocycles. The molecule has 2 rings (SSSR count). The van der Waals surface area contributed by atoms with Crippen LogP contribution in [0, 0.1) is 11.7 Å². The molecule has 1 saturated heterocycles. The van der Waals surface area contributed by atoms with Crippen molar-refractivity contribution in [2.45, 2.75) is 25.8 Å². The summed E-state index contributed by atoms with van der Waals surface area (Å²) in [6.07, 6.45) is 3.18. The summed E-state index contributed by atoms with van der Waals surface area (Å²) in [5, 5.41) is 9.02. The number of piperidine rings is 1. The van der Waals surface area contributed by atoms with Gasteiger partial charge in [0.05, 0.1) is 7.11 Å². The van der Waals surface area contributed by atoms with Gasteiger partial charge in [-0.25, -0.2) is 4.39 Å². The van der Waals surface area contributed by atoms with Crippen molar-refractivity contribution in [2.24, 2.45) is 5.92 Å². The van der Waals surface area contributed by atoms with Gasteiger partial charge >= 0.3 is 0 Å². The second-order valence-corrected chi connectivity index (χ2v) is 5.21. The molecule has 1 aliphatic rings. The quantitative estimate of drug-likeness (QED) is 0.889. The maximum Gasteiger partial charge on any atom is 0.123 e. The van der Waals surface area contributed by atoms with Crippen molar-refractivity contribution < 1.29 is 14.2 Å². The van der Waals surface area contributed by atoms with Gasteiger partial charge in [0.2, 0.25) is 0 Å². The van der Waals surface area contributed by atoms with Gasteiger partial charge in [0.25, 0.3) is 0 Å². The van der Waals surface area contributed by atoms with Crippen LogP contribution in [0.25, 0.3) is 0 Å². The van der Waals surface area contributed by atoms with E-state index < -0.39 is 0 Å². The van der Waals surface area contributed by atoms with Crippen molar-refractivity contribution >= 4 is 0 Å². The SMILES string of the molecule is COc1ccc(F)cc1CN1CCCC(CCO)C1. The van der Waals surface area contributed by atoms with Crippen LogP contribution >= 0.6 is 0 Å². The number of halogens is 1. The van der Waals surface area contributed by atoms with Gasteiger partial charge in [0.15, 0.2) is 0 Å². The highest BCUT2D eigenvalue weighted by Gasteiger charge is 2.20. The van der Waals surface area contributed by atoms with Crippen LogP contribution in [-0.4, -0.2) is 36.8 Å². The third-order valence-corrected chi connectivity index (χ3v) is 3.78. The van der Waals surface area contributed by atoms with Gasteiger partial charge in [-0.05, 0) is 49.9 Å². The first kappa shape index (κ1) is 14.3. The Kier molecular flexibility index (Phi) is 5.16. The number of ether oxygens (including phenoxy) is 1. The van der Waals surface area contributed by atoms with Crippen molar-refractivity contribution in [1.82, 2.24) is 4.90 Å².